The third kappa shape index (κ3) is 12.7. The zero-order chi connectivity index (χ0) is 52.3. The fourth-order valence-electron chi connectivity index (χ4n) is 9.39. The maximum atomic E-state index is 14.7. The van der Waals surface area contributed by atoms with Crippen LogP contribution in [0.2, 0.25) is 5.82 Å². The number of carbonyl (C=O) groups is 4. The summed E-state index contributed by atoms with van der Waals surface area (Å²) < 4.78 is 63.4. The summed E-state index contributed by atoms with van der Waals surface area (Å²) in [5, 5.41) is 8.35. The summed E-state index contributed by atoms with van der Waals surface area (Å²) in [7, 11) is 5.44. The number of hydrazine groups is 1. The first-order chi connectivity index (χ1) is 33.9. The molecule has 5 heterocycles. The second kappa shape index (κ2) is 22.2. The second-order valence-electron chi connectivity index (χ2n) is 21.4. The summed E-state index contributed by atoms with van der Waals surface area (Å²) in [4.78, 5) is 63.9. The fourth-order valence-corrected chi connectivity index (χ4v) is 9.39. The number of aromatic nitrogens is 2. The van der Waals surface area contributed by atoms with E-state index in [1.165, 1.54) is 16.7 Å². The van der Waals surface area contributed by atoms with Crippen molar-refractivity contribution in [3.8, 4) is 34.2 Å². The Morgan fingerprint density at radius 1 is 1.06 bits per heavy atom. The fraction of sp³-hybridized carbons (Fsp3) is 0.537. The number of cyclic esters (lactones) is 1. The summed E-state index contributed by atoms with van der Waals surface area (Å²) in [6.45, 7) is 13.1. The molecule has 0 aliphatic carbocycles. The van der Waals surface area contributed by atoms with Crippen LogP contribution in [0.4, 0.5) is 13.2 Å². The van der Waals surface area contributed by atoms with Gasteiger partial charge >= 0.3 is 12.1 Å². The van der Waals surface area contributed by atoms with Crippen molar-refractivity contribution in [2.45, 2.75) is 116 Å². The van der Waals surface area contributed by atoms with Crippen LogP contribution in [0.25, 0.3) is 33.3 Å². The Morgan fingerprint density at radius 3 is 2.49 bits per heavy atom. The Hall–Kier alpha value is -5.74. The smallest absolute Gasteiger partial charge is 0.406 e. The lowest BCUT2D eigenvalue weighted by Gasteiger charge is -2.38. The number of pyridine rings is 1. The van der Waals surface area contributed by atoms with Crippen LogP contribution in [0.15, 0.2) is 60.8 Å². The Balaban J connectivity index is 1.24. The number of rotatable bonds is 11. The highest BCUT2D eigenvalue weighted by Crippen LogP contribution is 2.43. The van der Waals surface area contributed by atoms with Gasteiger partial charge in [0.1, 0.15) is 12.6 Å². The van der Waals surface area contributed by atoms with Gasteiger partial charge < -0.3 is 29.0 Å². The molecule has 3 amide bonds. The van der Waals surface area contributed by atoms with Crippen molar-refractivity contribution < 1.29 is 46.6 Å². The number of esters is 1. The average Bonchev–Trinajstić information content (AvgIpc) is 3.42. The van der Waals surface area contributed by atoms with E-state index in [0.29, 0.717) is 59.3 Å². The monoisotopic (exact) mass is 996 g/mol. The average molecular weight is 996 g/mol. The van der Waals surface area contributed by atoms with Crippen LogP contribution in [-0.2, 0) is 52.8 Å². The van der Waals surface area contributed by atoms with Crippen LogP contribution >= 0.6 is 0 Å². The number of carbonyl (C=O) groups excluding carboxylic acids is 4. The third-order valence-corrected chi connectivity index (χ3v) is 14.4. The van der Waals surface area contributed by atoms with E-state index in [4.69, 9.17) is 14.2 Å². The van der Waals surface area contributed by atoms with Crippen molar-refractivity contribution in [1.82, 2.24) is 35.0 Å². The van der Waals surface area contributed by atoms with E-state index in [0.717, 1.165) is 16.7 Å². The SMILES string of the molecule is CO[C@@H](C)c1ncccc1-c1c2c3cc(ccc3n1CC(F)(F)F)-c1cccc(c1)CC(NC(=O)[C@@H](COC1CN(C(=O)C#CC(C)(C)N(C)C)C1)C(C)C)C(=O)N1CCC[C@H](BN1)C(=O)OCC(C)(C)C2. The first-order valence-corrected chi connectivity index (χ1v) is 24.9. The molecule has 18 heteroatoms. The van der Waals surface area contributed by atoms with Crippen LogP contribution in [-0.4, -0.2) is 133 Å². The summed E-state index contributed by atoms with van der Waals surface area (Å²) in [5.41, 5.74) is 3.35. The van der Waals surface area contributed by atoms with Crippen molar-refractivity contribution in [3.63, 3.8) is 0 Å². The molecule has 386 valence electrons. The predicted molar refractivity (Wildman–Crippen MR) is 271 cm³/mol. The van der Waals surface area contributed by atoms with E-state index in [9.17, 15) is 32.3 Å². The van der Waals surface area contributed by atoms with Crippen LogP contribution in [0.1, 0.15) is 84.2 Å². The van der Waals surface area contributed by atoms with Gasteiger partial charge in [-0.2, -0.15) is 13.2 Å². The molecule has 3 aliphatic rings. The van der Waals surface area contributed by atoms with Gasteiger partial charge in [-0.1, -0.05) is 63.9 Å². The minimum Gasteiger partial charge on any atom is -0.465 e. The molecular weight excluding hydrogens is 926 g/mol. The Kier molecular flexibility index (Phi) is 16.6. The number of nitrogens with zero attached hydrogens (tertiary/aromatic N) is 5. The van der Waals surface area contributed by atoms with E-state index in [1.54, 1.807) is 42.3 Å². The summed E-state index contributed by atoms with van der Waals surface area (Å²) in [6.07, 6.45) is -2.53. The van der Waals surface area contributed by atoms with Crippen molar-refractivity contribution in [1.29, 1.82) is 0 Å². The highest BCUT2D eigenvalue weighted by atomic mass is 19.4. The number of fused-ring (bicyclic) bond motifs is 7. The molecule has 4 atom stereocenters. The van der Waals surface area contributed by atoms with Crippen LogP contribution in [0, 0.1) is 29.1 Å². The zero-order valence-corrected chi connectivity index (χ0v) is 43.2. The molecule has 0 radical (unpaired) electrons. The number of ether oxygens (including phenoxy) is 3. The highest BCUT2D eigenvalue weighted by molar-refractivity contribution is 6.41. The number of hydrogen-bond acceptors (Lipinski definition) is 10. The Morgan fingerprint density at radius 2 is 1.79 bits per heavy atom. The number of nitrogens with one attached hydrogen (secondary N) is 2. The molecule has 2 aromatic carbocycles. The highest BCUT2D eigenvalue weighted by Gasteiger charge is 2.38. The number of methoxy groups -OCH3 is 1. The largest absolute Gasteiger partial charge is 0.465 e. The molecule has 72 heavy (non-hydrogen) atoms. The molecule has 2 fully saturated rings. The second-order valence-corrected chi connectivity index (χ2v) is 21.4. The summed E-state index contributed by atoms with van der Waals surface area (Å²) in [6, 6.07) is 15.4. The number of amides is 3. The Labute approximate surface area is 421 Å². The van der Waals surface area contributed by atoms with Gasteiger partial charge in [-0.25, -0.2) is 0 Å². The minimum atomic E-state index is -4.58. The van der Waals surface area contributed by atoms with Crippen LogP contribution in [0.5, 0.6) is 0 Å². The lowest BCUT2D eigenvalue weighted by molar-refractivity contribution is -0.147. The third-order valence-electron chi connectivity index (χ3n) is 14.4. The molecule has 0 spiro atoms. The van der Waals surface area contributed by atoms with Gasteiger partial charge in [0.15, 0.2) is 0 Å². The van der Waals surface area contributed by atoms with Gasteiger partial charge in [-0.05, 0) is 112 Å². The van der Waals surface area contributed by atoms with E-state index in [1.807, 2.05) is 90.9 Å². The number of hydrogen-bond donors (Lipinski definition) is 2. The standard InChI is InChI=1S/C54H69BF3N7O7/c1-33(2)42(30-71-38-28-63(29-38)46(66)20-21-53(6,7)62(8)9)49(67)60-44-25-35-14-11-15-36(24-35)37-18-19-45-40(26-37)41(27-52(4,5)32-72-51(69)43-17-13-23-65(50(44)68)61-55-43)48(64(45)31-54(56,57)58)39-16-12-22-59-47(39)34(3)70-10/h11-12,14-16,18-19,22,24,26,33-34,38,42-44,55,61H,13,17,23,25,27-32H2,1-10H3,(H,60,67)/t34-,42-,43-,44?/m0/s1. The Bertz CT molecular complexity index is 2710. The van der Waals surface area contributed by atoms with E-state index in [-0.39, 0.29) is 69.8 Å². The normalized spacial score (nSPS) is 19.9. The lowest BCUT2D eigenvalue weighted by Crippen LogP contribution is -2.57. The van der Waals surface area contributed by atoms with Crippen molar-refractivity contribution in [2.24, 2.45) is 17.3 Å². The van der Waals surface area contributed by atoms with Crippen molar-refractivity contribution in [2.75, 3.05) is 54.1 Å². The molecule has 2 N–H and O–H groups in total. The maximum Gasteiger partial charge on any atom is 0.406 e. The van der Waals surface area contributed by atoms with E-state index < -0.39 is 53.5 Å². The predicted octanol–water partition coefficient (Wildman–Crippen LogP) is 6.90. The van der Waals surface area contributed by atoms with E-state index in [2.05, 4.69) is 27.5 Å². The minimum absolute atomic E-state index is 0.0251. The molecule has 6 bridgehead atoms. The topological polar surface area (TPSA) is 148 Å². The molecule has 2 saturated heterocycles. The molecule has 0 saturated carbocycles. The van der Waals surface area contributed by atoms with Gasteiger partial charge in [0.25, 0.3) is 11.8 Å². The number of halogens is 3. The molecule has 2 aromatic heterocycles. The first-order valence-electron chi connectivity index (χ1n) is 24.9. The van der Waals surface area contributed by atoms with Gasteiger partial charge in [0, 0.05) is 67.1 Å². The van der Waals surface area contributed by atoms with Crippen molar-refractivity contribution >= 4 is 42.0 Å². The first kappa shape index (κ1) is 54.0. The molecule has 7 rings (SSSR count). The maximum absolute atomic E-state index is 14.7. The van der Waals surface area contributed by atoms with Crippen molar-refractivity contribution in [3.05, 3.63) is 77.6 Å². The molecule has 1 unspecified atom stereocenters. The summed E-state index contributed by atoms with van der Waals surface area (Å²) >= 11 is 0. The molecule has 14 nitrogen and oxygen atoms in total. The number of alkyl halides is 3. The molecule has 4 aromatic rings. The molecular formula is C54H69BF3N7O7. The van der Waals surface area contributed by atoms with Gasteiger partial charge in [0.2, 0.25) is 13.3 Å². The van der Waals surface area contributed by atoms with E-state index >= 15 is 0 Å². The lowest BCUT2D eigenvalue weighted by atomic mass is 9.74. The van der Waals surface area contributed by atoms with Gasteiger partial charge in [0.05, 0.1) is 48.3 Å². The number of benzene rings is 2. The number of likely N-dealkylation sites (tertiary alicyclic amines) is 1. The van der Waals surface area contributed by atoms with Gasteiger partial charge in [-0.15, -0.1) is 0 Å². The van der Waals surface area contributed by atoms with Crippen LogP contribution in [0.3, 0.4) is 0 Å². The van der Waals surface area contributed by atoms with Gasteiger partial charge in [-0.3, -0.25) is 39.4 Å². The summed E-state index contributed by atoms with van der Waals surface area (Å²) in [5.74, 6) is 2.90. The van der Waals surface area contributed by atoms with Crippen LogP contribution < -0.4 is 10.7 Å². The zero-order valence-electron chi connectivity index (χ0n) is 43.2. The quantitative estimate of drug-likeness (QED) is 0.0925. The molecule has 3 aliphatic heterocycles.